The van der Waals surface area contributed by atoms with Crippen LogP contribution in [0, 0.1) is 28.6 Å². The van der Waals surface area contributed by atoms with Crippen molar-refractivity contribution in [3.63, 3.8) is 0 Å². The number of esters is 1. The van der Waals surface area contributed by atoms with Crippen molar-refractivity contribution < 1.29 is 116 Å². The van der Waals surface area contributed by atoms with E-state index in [1.54, 1.807) is 21.0 Å². The van der Waals surface area contributed by atoms with Crippen molar-refractivity contribution in [2.24, 2.45) is 28.6 Å². The maximum atomic E-state index is 12.4. The monoisotopic (exact) mass is 1140 g/mol. The smallest absolute Gasteiger partial charge is 0.302 e. The van der Waals surface area contributed by atoms with E-state index in [1.165, 1.54) is 26.7 Å². The highest BCUT2D eigenvalue weighted by molar-refractivity contribution is 5.66. The van der Waals surface area contributed by atoms with Gasteiger partial charge in [0.25, 0.3) is 0 Å². The van der Waals surface area contributed by atoms with Crippen LogP contribution in [0.5, 0.6) is 0 Å². The normalized spacial score (nSPS) is 54.5. The van der Waals surface area contributed by atoms with Gasteiger partial charge >= 0.3 is 5.97 Å². The van der Waals surface area contributed by atoms with Crippen LogP contribution < -0.4 is 0 Å². The Morgan fingerprint density at radius 2 is 1.27 bits per heavy atom. The Morgan fingerprint density at radius 1 is 0.662 bits per heavy atom. The van der Waals surface area contributed by atoms with Gasteiger partial charge in [0.05, 0.1) is 74.1 Å². The summed E-state index contributed by atoms with van der Waals surface area (Å²) < 4.78 is 107. The van der Waals surface area contributed by atoms with Gasteiger partial charge in [-0.25, -0.2) is 0 Å². The van der Waals surface area contributed by atoms with Gasteiger partial charge < -0.3 is 111 Å². The number of ether oxygens (including phenoxy) is 17. The van der Waals surface area contributed by atoms with Crippen LogP contribution in [0.3, 0.4) is 0 Å². The molecule has 456 valence electrons. The lowest BCUT2D eigenvalue weighted by Gasteiger charge is -2.60. The highest BCUT2D eigenvalue weighted by Gasteiger charge is 2.83. The first-order valence-electron chi connectivity index (χ1n) is 29.1. The Labute approximate surface area is 467 Å². The molecular formula is C56H88O24. The van der Waals surface area contributed by atoms with Crippen molar-refractivity contribution in [1.29, 1.82) is 0 Å². The first-order chi connectivity index (χ1) is 38.1. The highest BCUT2D eigenvalue weighted by Crippen LogP contribution is 2.76. The number of hydrogen-bond acceptors (Lipinski definition) is 24. The molecule has 3 aliphatic carbocycles. The maximum absolute atomic E-state index is 12.4. The average Bonchev–Trinajstić information content (AvgIpc) is 3.33. The molecule has 8 saturated heterocycles. The van der Waals surface area contributed by atoms with Crippen LogP contribution in [0.1, 0.15) is 106 Å². The molecule has 6 N–H and O–H groups in total. The molecule has 0 amide bonds. The molecule has 11 rings (SSSR count). The summed E-state index contributed by atoms with van der Waals surface area (Å²) in [5, 5.41) is 64.1. The zero-order chi connectivity index (χ0) is 57.0. The summed E-state index contributed by atoms with van der Waals surface area (Å²) in [6.45, 7) is 13.2. The lowest BCUT2D eigenvalue weighted by atomic mass is 9.47. The largest absolute Gasteiger partial charge is 0.465 e. The molecule has 80 heavy (non-hydrogen) atoms. The number of carbonyl (C=O) groups excluding carboxylic acids is 1. The Hall–Kier alpha value is -1.67. The molecule has 24 nitrogen and oxygen atoms in total. The second-order valence-electron chi connectivity index (χ2n) is 24.9. The molecule has 8 aliphatic heterocycles. The van der Waals surface area contributed by atoms with E-state index in [2.05, 4.69) is 19.9 Å². The molecule has 0 aromatic rings. The third kappa shape index (κ3) is 10.3. The van der Waals surface area contributed by atoms with Crippen LogP contribution in [0.15, 0.2) is 11.6 Å². The van der Waals surface area contributed by atoms with Gasteiger partial charge in [-0.1, -0.05) is 18.6 Å². The minimum atomic E-state index is -1.67. The van der Waals surface area contributed by atoms with Crippen LogP contribution in [-0.4, -0.2) is 237 Å². The first-order valence-corrected chi connectivity index (χ1v) is 29.1. The van der Waals surface area contributed by atoms with Gasteiger partial charge in [-0.3, -0.25) is 4.79 Å². The number of aliphatic hydroxyl groups excluding tert-OH is 6. The van der Waals surface area contributed by atoms with Crippen LogP contribution >= 0.6 is 0 Å². The minimum Gasteiger partial charge on any atom is -0.465 e. The van der Waals surface area contributed by atoms with E-state index < -0.39 is 153 Å². The van der Waals surface area contributed by atoms with E-state index in [0.717, 1.165) is 32.1 Å². The van der Waals surface area contributed by atoms with Crippen molar-refractivity contribution in [2.45, 2.75) is 265 Å². The number of aliphatic hydroxyl groups is 6. The second kappa shape index (κ2) is 23.2. The molecule has 0 radical (unpaired) electrons. The van der Waals surface area contributed by atoms with Crippen LogP contribution in [-0.2, 0) is 85.3 Å². The summed E-state index contributed by atoms with van der Waals surface area (Å²) in [7, 11) is 4.49. The summed E-state index contributed by atoms with van der Waals surface area (Å²) >= 11 is 0. The standard InChI is InChI=1S/C56H88O24/c1-24-45(33(59)18-38(69-24)73-30-13-16-55(23-67-28(5)58)29(17-30)11-12-32-31(55)14-15-53(6)50-37-22-68-54(50,7)80-56(32,53)79-37)75-39-19-34(64-8)46(25(2)70-39)76-40-20-35(65-9)47(26(3)71-40)77-52-44(63)49(66-10)48(27(4)72-52)78-51-43(62)42(61)41(60)36(21-57)74-51/h11,24-27,30-52,57,59-63H,12-23H2,1-10H3. The first kappa shape index (κ1) is 60.0. The fourth-order valence-electron chi connectivity index (χ4n) is 16.5. The fraction of sp³-hybridized carbons (Fsp3) is 0.946. The summed E-state index contributed by atoms with van der Waals surface area (Å²) in [6.07, 6.45) is -13.5. The summed E-state index contributed by atoms with van der Waals surface area (Å²) in [4.78, 5) is 12.4. The van der Waals surface area contributed by atoms with Gasteiger partial charge in [0, 0.05) is 64.3 Å². The predicted octanol–water partition coefficient (Wildman–Crippen LogP) is 1.21. The number of allylic oxidation sites excluding steroid dienone is 1. The summed E-state index contributed by atoms with van der Waals surface area (Å²) in [6, 6.07) is 0. The van der Waals surface area contributed by atoms with Crippen molar-refractivity contribution in [1.82, 2.24) is 0 Å². The van der Waals surface area contributed by atoms with Gasteiger partial charge in [-0.15, -0.1) is 0 Å². The number of fused-ring (bicyclic) bond motifs is 3. The Morgan fingerprint density at radius 3 is 1.90 bits per heavy atom. The molecule has 8 heterocycles. The molecule has 31 atom stereocenters. The Balaban J connectivity index is 0.665. The topological polar surface area (TPSA) is 295 Å². The summed E-state index contributed by atoms with van der Waals surface area (Å²) in [5.74, 6) is -1.28. The number of rotatable bonds is 16. The third-order valence-corrected chi connectivity index (χ3v) is 20.3. The van der Waals surface area contributed by atoms with Gasteiger partial charge in [-0.2, -0.15) is 0 Å². The fourth-order valence-corrected chi connectivity index (χ4v) is 16.5. The quantitative estimate of drug-likeness (QED) is 0.0935. The molecule has 2 saturated carbocycles. The van der Waals surface area contributed by atoms with E-state index in [0.29, 0.717) is 19.6 Å². The van der Waals surface area contributed by atoms with E-state index in [9.17, 15) is 35.4 Å². The molecule has 0 aromatic carbocycles. The number of hydrogen-bond donors (Lipinski definition) is 6. The van der Waals surface area contributed by atoms with Crippen LogP contribution in [0.25, 0.3) is 0 Å². The van der Waals surface area contributed by atoms with Crippen molar-refractivity contribution in [3.8, 4) is 0 Å². The summed E-state index contributed by atoms with van der Waals surface area (Å²) in [5.41, 5.74) is 0.689. The van der Waals surface area contributed by atoms with Crippen molar-refractivity contribution in [2.75, 3.05) is 41.2 Å². The molecule has 31 unspecified atom stereocenters. The molecule has 10 fully saturated rings. The van der Waals surface area contributed by atoms with Crippen LogP contribution in [0.4, 0.5) is 0 Å². The molecule has 2 bridgehead atoms. The van der Waals surface area contributed by atoms with E-state index >= 15 is 0 Å². The van der Waals surface area contributed by atoms with Crippen molar-refractivity contribution in [3.05, 3.63) is 11.6 Å². The lowest BCUT2D eigenvalue weighted by molar-refractivity contribution is -0.374. The minimum absolute atomic E-state index is 0.0126. The number of carbonyl (C=O) groups is 1. The molecule has 24 heteroatoms. The molecular weight excluding hydrogens is 1060 g/mol. The highest BCUT2D eigenvalue weighted by atomic mass is 16.8. The Bertz CT molecular complexity index is 2180. The van der Waals surface area contributed by atoms with Gasteiger partial charge in [0.1, 0.15) is 67.6 Å². The van der Waals surface area contributed by atoms with Gasteiger partial charge in [0.15, 0.2) is 43.0 Å². The zero-order valence-corrected chi connectivity index (χ0v) is 47.7. The SMILES string of the molecule is COC1CC(OC2C(O)CC(OC3CCC4(COC(C)=O)C(=CCC5C4CCC4(C)C6C7COC6(C)OC54O7)C3)OC2C)OC(C)C1OC1CC(OC)C(OC2OC(C)C(OC3OC(CO)C(O)C(O)C3O)C(OC)C2O)C(C)O1. The zero-order valence-electron chi connectivity index (χ0n) is 47.7. The molecule has 11 aliphatic rings. The van der Waals surface area contributed by atoms with Gasteiger partial charge in [-0.05, 0) is 79.1 Å². The van der Waals surface area contributed by atoms with E-state index in [4.69, 9.17) is 80.5 Å². The van der Waals surface area contributed by atoms with E-state index in [-0.39, 0.29) is 66.0 Å². The molecule has 0 spiro atoms. The maximum Gasteiger partial charge on any atom is 0.302 e. The molecule has 0 aromatic heterocycles. The lowest BCUT2D eigenvalue weighted by Crippen LogP contribution is -2.65. The van der Waals surface area contributed by atoms with Crippen LogP contribution in [0.2, 0.25) is 0 Å². The van der Waals surface area contributed by atoms with E-state index in [1.807, 2.05) is 13.8 Å². The van der Waals surface area contributed by atoms with Crippen molar-refractivity contribution >= 4 is 5.97 Å². The third-order valence-electron chi connectivity index (χ3n) is 20.3. The average molecular weight is 1150 g/mol. The Kier molecular flexibility index (Phi) is 17.4. The van der Waals surface area contributed by atoms with Gasteiger partial charge in [0.2, 0.25) is 0 Å². The number of methoxy groups -OCH3 is 3. The predicted molar refractivity (Wildman–Crippen MR) is 270 cm³/mol. The second-order valence-corrected chi connectivity index (χ2v) is 24.9.